The molecule has 3 rings (SSSR count). The van der Waals surface area contributed by atoms with E-state index in [4.69, 9.17) is 4.74 Å². The van der Waals surface area contributed by atoms with Crippen molar-refractivity contribution in [2.24, 2.45) is 0 Å². The highest BCUT2D eigenvalue weighted by atomic mass is 32.1. The Balaban J connectivity index is 1.55. The largest absolute Gasteiger partial charge is 0.383 e. The quantitative estimate of drug-likeness (QED) is 0.601. The standard InChI is InChI=1S/C21H29N5O3S/c1-17(27)24-10-12-25(13-11-24)20(28)8-9-26(14-15-29-2)21-22-19(23-30-21)16-18-6-4-3-5-7-18/h3-7H,8-16H2,1-2H3. The summed E-state index contributed by atoms with van der Waals surface area (Å²) < 4.78 is 9.73. The average molecular weight is 432 g/mol. The molecule has 0 atom stereocenters. The van der Waals surface area contributed by atoms with Gasteiger partial charge in [-0.05, 0) is 5.56 Å². The molecule has 8 nitrogen and oxygen atoms in total. The van der Waals surface area contributed by atoms with Crippen LogP contribution < -0.4 is 4.90 Å². The minimum absolute atomic E-state index is 0.0652. The SMILES string of the molecule is COCCN(CCC(=O)N1CCN(C(C)=O)CC1)c1nc(Cc2ccccc2)ns1. The number of amides is 2. The van der Waals surface area contributed by atoms with Crippen LogP contribution >= 0.6 is 11.5 Å². The molecule has 0 N–H and O–H groups in total. The lowest BCUT2D eigenvalue weighted by molar-refractivity contribution is -0.138. The highest BCUT2D eigenvalue weighted by Gasteiger charge is 2.23. The van der Waals surface area contributed by atoms with Crippen LogP contribution in [0.25, 0.3) is 0 Å². The van der Waals surface area contributed by atoms with Crippen LogP contribution in [0.1, 0.15) is 24.7 Å². The Morgan fingerprint density at radius 2 is 1.80 bits per heavy atom. The van der Waals surface area contributed by atoms with Crippen LogP contribution in [0, 0.1) is 0 Å². The van der Waals surface area contributed by atoms with E-state index in [2.05, 4.69) is 26.4 Å². The van der Waals surface area contributed by atoms with E-state index < -0.39 is 0 Å². The maximum absolute atomic E-state index is 12.7. The van der Waals surface area contributed by atoms with Crippen LogP contribution in [-0.4, -0.2) is 84.0 Å². The summed E-state index contributed by atoms with van der Waals surface area (Å²) in [7, 11) is 1.67. The number of rotatable bonds is 9. The molecule has 0 unspecified atom stereocenters. The van der Waals surface area contributed by atoms with Crippen molar-refractivity contribution in [2.75, 3.05) is 57.9 Å². The van der Waals surface area contributed by atoms with Gasteiger partial charge in [-0.3, -0.25) is 9.59 Å². The number of carbonyl (C=O) groups is 2. The van der Waals surface area contributed by atoms with E-state index in [-0.39, 0.29) is 11.8 Å². The monoisotopic (exact) mass is 431 g/mol. The highest BCUT2D eigenvalue weighted by Crippen LogP contribution is 2.19. The molecule has 1 aliphatic rings. The summed E-state index contributed by atoms with van der Waals surface area (Å²) >= 11 is 1.36. The minimum atomic E-state index is 0.0652. The molecule has 162 valence electrons. The van der Waals surface area contributed by atoms with E-state index in [1.54, 1.807) is 18.9 Å². The Labute approximate surface area is 181 Å². The van der Waals surface area contributed by atoms with Crippen LogP contribution in [0.5, 0.6) is 0 Å². The molecule has 2 aromatic rings. The number of aromatic nitrogens is 2. The van der Waals surface area contributed by atoms with Gasteiger partial charge in [-0.15, -0.1) is 0 Å². The van der Waals surface area contributed by atoms with Crippen LogP contribution in [0.2, 0.25) is 0 Å². The molecule has 1 aromatic carbocycles. The number of nitrogens with zero attached hydrogens (tertiary/aromatic N) is 5. The molecule has 1 fully saturated rings. The lowest BCUT2D eigenvalue weighted by Gasteiger charge is -2.34. The molecule has 0 radical (unpaired) electrons. The van der Waals surface area contributed by atoms with E-state index in [0.29, 0.717) is 58.7 Å². The van der Waals surface area contributed by atoms with Crippen molar-refractivity contribution < 1.29 is 14.3 Å². The topological polar surface area (TPSA) is 78.9 Å². The fourth-order valence-electron chi connectivity index (χ4n) is 3.39. The summed E-state index contributed by atoms with van der Waals surface area (Å²) in [5.41, 5.74) is 1.17. The number of piperazine rings is 1. The summed E-state index contributed by atoms with van der Waals surface area (Å²) in [6, 6.07) is 10.1. The number of hydrogen-bond donors (Lipinski definition) is 0. The number of ether oxygens (including phenoxy) is 1. The van der Waals surface area contributed by atoms with Crippen molar-refractivity contribution in [3.8, 4) is 0 Å². The number of methoxy groups -OCH3 is 1. The van der Waals surface area contributed by atoms with E-state index in [1.807, 2.05) is 23.1 Å². The lowest BCUT2D eigenvalue weighted by Crippen LogP contribution is -2.50. The smallest absolute Gasteiger partial charge is 0.224 e. The maximum atomic E-state index is 12.7. The minimum Gasteiger partial charge on any atom is -0.383 e. The van der Waals surface area contributed by atoms with Crippen LogP contribution in [-0.2, 0) is 20.7 Å². The first-order valence-corrected chi connectivity index (χ1v) is 11.0. The Bertz CT molecular complexity index is 821. The van der Waals surface area contributed by atoms with Crippen LogP contribution in [0.4, 0.5) is 5.13 Å². The number of anilines is 1. The van der Waals surface area contributed by atoms with Gasteiger partial charge >= 0.3 is 0 Å². The molecule has 1 aromatic heterocycles. The Morgan fingerprint density at radius 3 is 2.47 bits per heavy atom. The first-order valence-electron chi connectivity index (χ1n) is 10.2. The van der Waals surface area contributed by atoms with Crippen molar-refractivity contribution in [3.05, 3.63) is 41.7 Å². The van der Waals surface area contributed by atoms with Crippen molar-refractivity contribution in [2.45, 2.75) is 19.8 Å². The Hall–Kier alpha value is -2.52. The van der Waals surface area contributed by atoms with Gasteiger partial charge in [-0.2, -0.15) is 4.37 Å². The zero-order valence-electron chi connectivity index (χ0n) is 17.6. The van der Waals surface area contributed by atoms with Crippen molar-refractivity contribution in [3.63, 3.8) is 0 Å². The molecule has 0 spiro atoms. The predicted octanol–water partition coefficient (Wildman–Crippen LogP) is 1.66. The van der Waals surface area contributed by atoms with Gasteiger partial charge in [0.1, 0.15) is 5.82 Å². The summed E-state index contributed by atoms with van der Waals surface area (Å²) in [6.07, 6.45) is 1.09. The lowest BCUT2D eigenvalue weighted by atomic mass is 10.1. The normalized spacial score (nSPS) is 14.1. The molecule has 1 aliphatic heterocycles. The van der Waals surface area contributed by atoms with E-state index in [9.17, 15) is 9.59 Å². The second kappa shape index (κ2) is 11.0. The first kappa shape index (κ1) is 22.2. The van der Waals surface area contributed by atoms with Gasteiger partial charge in [0.2, 0.25) is 16.9 Å². The summed E-state index contributed by atoms with van der Waals surface area (Å²) in [5.74, 6) is 0.959. The zero-order valence-corrected chi connectivity index (χ0v) is 18.4. The molecule has 30 heavy (non-hydrogen) atoms. The number of carbonyl (C=O) groups excluding carboxylic acids is 2. The van der Waals surface area contributed by atoms with E-state index in [1.165, 1.54) is 17.1 Å². The zero-order chi connectivity index (χ0) is 21.3. The van der Waals surface area contributed by atoms with Crippen molar-refractivity contribution in [1.29, 1.82) is 0 Å². The van der Waals surface area contributed by atoms with E-state index in [0.717, 1.165) is 11.0 Å². The summed E-state index contributed by atoms with van der Waals surface area (Å²) in [4.78, 5) is 34.5. The summed E-state index contributed by atoms with van der Waals surface area (Å²) in [5, 5.41) is 0.812. The van der Waals surface area contributed by atoms with E-state index >= 15 is 0 Å². The van der Waals surface area contributed by atoms with Crippen LogP contribution in [0.15, 0.2) is 30.3 Å². The van der Waals surface area contributed by atoms with Gasteiger partial charge in [0.05, 0.1) is 6.61 Å². The molecule has 2 heterocycles. The van der Waals surface area contributed by atoms with Gasteiger partial charge < -0.3 is 19.4 Å². The average Bonchev–Trinajstić information content (AvgIpc) is 3.22. The third-order valence-electron chi connectivity index (χ3n) is 5.17. The molecule has 0 bridgehead atoms. The first-order chi connectivity index (χ1) is 14.6. The Kier molecular flexibility index (Phi) is 8.15. The second-order valence-corrected chi connectivity index (χ2v) is 8.00. The summed E-state index contributed by atoms with van der Waals surface area (Å²) in [6.45, 7) is 5.74. The maximum Gasteiger partial charge on any atom is 0.224 e. The molecule has 9 heteroatoms. The van der Waals surface area contributed by atoms with Crippen LogP contribution in [0.3, 0.4) is 0 Å². The van der Waals surface area contributed by atoms with Gasteiger partial charge in [0, 0.05) is 77.7 Å². The second-order valence-electron chi connectivity index (χ2n) is 7.27. The molecular weight excluding hydrogens is 402 g/mol. The fourth-order valence-corrected chi connectivity index (χ4v) is 4.12. The Morgan fingerprint density at radius 1 is 1.10 bits per heavy atom. The molecular formula is C21H29N5O3S. The van der Waals surface area contributed by atoms with Crippen molar-refractivity contribution >= 4 is 28.5 Å². The molecule has 0 aliphatic carbocycles. The highest BCUT2D eigenvalue weighted by molar-refractivity contribution is 7.09. The number of benzene rings is 1. The molecule has 0 saturated carbocycles. The predicted molar refractivity (Wildman–Crippen MR) is 117 cm³/mol. The van der Waals surface area contributed by atoms with Gasteiger partial charge in [-0.1, -0.05) is 30.3 Å². The van der Waals surface area contributed by atoms with Crippen molar-refractivity contribution in [1.82, 2.24) is 19.2 Å². The van der Waals surface area contributed by atoms with Gasteiger partial charge in [0.25, 0.3) is 0 Å². The van der Waals surface area contributed by atoms with Gasteiger partial charge in [-0.25, -0.2) is 4.98 Å². The number of hydrogen-bond acceptors (Lipinski definition) is 7. The fraction of sp³-hybridized carbons (Fsp3) is 0.524. The third-order valence-corrected chi connectivity index (χ3v) is 5.99. The molecule has 1 saturated heterocycles. The van der Waals surface area contributed by atoms with Gasteiger partial charge in [0.15, 0.2) is 0 Å². The molecule has 2 amide bonds. The third kappa shape index (κ3) is 6.24.